The van der Waals surface area contributed by atoms with E-state index in [9.17, 15) is 30.7 Å². The normalized spacial score (nSPS) is 18.2. The molecule has 2 N–H and O–H groups in total. The van der Waals surface area contributed by atoms with Crippen molar-refractivity contribution in [1.29, 1.82) is 0 Å². The number of benzene rings is 3. The summed E-state index contributed by atoms with van der Waals surface area (Å²) < 4.78 is 106. The molecular weight excluding hydrogens is 491 g/mol. The Balaban J connectivity index is 1.44. The molecule has 1 saturated carbocycles. The van der Waals surface area contributed by atoms with Gasteiger partial charge in [-0.3, -0.25) is 0 Å². The SMILES string of the molecule is NC1CCC(c2ccc(-c3ccc(OCC(F)(F)Oc4cc(F)c(F)c(F)c4)c(F)c3F)cc2)CC1. The van der Waals surface area contributed by atoms with Gasteiger partial charge in [-0.1, -0.05) is 24.3 Å². The van der Waals surface area contributed by atoms with E-state index in [1.54, 1.807) is 12.1 Å². The van der Waals surface area contributed by atoms with Gasteiger partial charge in [0.25, 0.3) is 0 Å². The van der Waals surface area contributed by atoms with Crippen LogP contribution in [0.2, 0.25) is 0 Å². The zero-order valence-corrected chi connectivity index (χ0v) is 18.8. The molecule has 10 heteroatoms. The number of ether oxygens (including phenoxy) is 2. The Morgan fingerprint density at radius 1 is 0.778 bits per heavy atom. The first kappa shape index (κ1) is 25.8. The van der Waals surface area contributed by atoms with Gasteiger partial charge in [0.1, 0.15) is 5.75 Å². The van der Waals surface area contributed by atoms with Crippen molar-refractivity contribution >= 4 is 0 Å². The molecule has 0 amide bonds. The van der Waals surface area contributed by atoms with Crippen molar-refractivity contribution < 1.29 is 40.2 Å². The molecule has 0 saturated heterocycles. The second-order valence-corrected chi connectivity index (χ2v) is 8.70. The second kappa shape index (κ2) is 10.4. The van der Waals surface area contributed by atoms with Crippen LogP contribution in [-0.2, 0) is 0 Å². The fourth-order valence-corrected chi connectivity index (χ4v) is 4.21. The van der Waals surface area contributed by atoms with Crippen molar-refractivity contribution in [2.45, 2.75) is 43.8 Å². The first-order valence-corrected chi connectivity index (χ1v) is 11.2. The van der Waals surface area contributed by atoms with Gasteiger partial charge in [0.05, 0.1) is 0 Å². The standard InChI is InChI=1S/C26H22F7NO2/c27-20-11-18(12-21(28)24(20)30)36-26(32,33)13-35-22-10-9-19(23(29)25(22)31)16-3-1-14(2-4-16)15-5-7-17(34)8-6-15/h1-4,9-12,15,17H,5-8,13,34H2. The van der Waals surface area contributed by atoms with Crippen LogP contribution in [0.4, 0.5) is 30.7 Å². The quantitative estimate of drug-likeness (QED) is 0.271. The molecule has 0 bridgehead atoms. The molecule has 0 aromatic heterocycles. The number of rotatable bonds is 7. The molecule has 0 aliphatic heterocycles. The molecule has 3 nitrogen and oxygen atoms in total. The van der Waals surface area contributed by atoms with Gasteiger partial charge in [-0.2, -0.15) is 13.2 Å². The smallest absolute Gasteiger partial charge is 0.433 e. The topological polar surface area (TPSA) is 44.5 Å². The molecule has 3 aromatic rings. The zero-order valence-electron chi connectivity index (χ0n) is 18.8. The monoisotopic (exact) mass is 513 g/mol. The van der Waals surface area contributed by atoms with Gasteiger partial charge in [0.2, 0.25) is 5.82 Å². The van der Waals surface area contributed by atoms with Gasteiger partial charge in [0, 0.05) is 23.7 Å². The fourth-order valence-electron chi connectivity index (χ4n) is 4.21. The molecule has 36 heavy (non-hydrogen) atoms. The highest BCUT2D eigenvalue weighted by Gasteiger charge is 2.34. The summed E-state index contributed by atoms with van der Waals surface area (Å²) >= 11 is 0. The van der Waals surface area contributed by atoms with Crippen LogP contribution in [0.1, 0.15) is 37.2 Å². The van der Waals surface area contributed by atoms with E-state index in [1.807, 2.05) is 12.1 Å². The molecule has 4 rings (SSSR count). The summed E-state index contributed by atoms with van der Waals surface area (Å²) in [6, 6.07) is 9.82. The average molecular weight is 513 g/mol. The molecule has 0 radical (unpaired) electrons. The van der Waals surface area contributed by atoms with Crippen molar-refractivity contribution in [1.82, 2.24) is 0 Å². The third kappa shape index (κ3) is 5.75. The summed E-state index contributed by atoms with van der Waals surface area (Å²) in [5, 5.41) is 0. The van der Waals surface area contributed by atoms with E-state index in [2.05, 4.69) is 9.47 Å². The molecule has 3 aromatic carbocycles. The highest BCUT2D eigenvalue weighted by Crippen LogP contribution is 2.35. The lowest BCUT2D eigenvalue weighted by atomic mass is 9.82. The molecule has 0 unspecified atom stereocenters. The highest BCUT2D eigenvalue weighted by atomic mass is 19.3. The molecule has 0 atom stereocenters. The van der Waals surface area contributed by atoms with E-state index >= 15 is 0 Å². The Bertz CT molecular complexity index is 1200. The number of alkyl halides is 2. The average Bonchev–Trinajstić information content (AvgIpc) is 2.84. The zero-order chi connectivity index (χ0) is 26.0. The second-order valence-electron chi connectivity index (χ2n) is 8.70. The summed E-state index contributed by atoms with van der Waals surface area (Å²) in [5.74, 6) is -9.59. The summed E-state index contributed by atoms with van der Waals surface area (Å²) in [5.41, 5.74) is 7.32. The molecule has 0 heterocycles. The van der Waals surface area contributed by atoms with E-state index in [0.29, 0.717) is 11.5 Å². The third-order valence-electron chi connectivity index (χ3n) is 6.13. The van der Waals surface area contributed by atoms with E-state index in [4.69, 9.17) is 5.73 Å². The Morgan fingerprint density at radius 3 is 2.00 bits per heavy atom. The lowest BCUT2D eigenvalue weighted by Gasteiger charge is -2.26. The molecule has 1 aliphatic rings. The first-order chi connectivity index (χ1) is 17.0. The molecule has 192 valence electrons. The van der Waals surface area contributed by atoms with E-state index in [-0.39, 0.29) is 23.7 Å². The number of halogens is 7. The minimum atomic E-state index is -4.20. The number of nitrogens with two attached hydrogens (primary N) is 1. The van der Waals surface area contributed by atoms with Crippen LogP contribution in [0.25, 0.3) is 11.1 Å². The van der Waals surface area contributed by atoms with Crippen LogP contribution in [0.15, 0.2) is 48.5 Å². The van der Waals surface area contributed by atoms with Crippen molar-refractivity contribution in [3.63, 3.8) is 0 Å². The molecule has 1 fully saturated rings. The van der Waals surface area contributed by atoms with Gasteiger partial charge in [-0.15, -0.1) is 0 Å². The van der Waals surface area contributed by atoms with Gasteiger partial charge in [-0.05, 0) is 54.9 Å². The Morgan fingerprint density at radius 2 is 1.39 bits per heavy atom. The summed E-state index contributed by atoms with van der Waals surface area (Å²) in [4.78, 5) is 0. The van der Waals surface area contributed by atoms with Crippen molar-refractivity contribution in [2.24, 2.45) is 5.73 Å². The summed E-state index contributed by atoms with van der Waals surface area (Å²) in [7, 11) is 0. The van der Waals surface area contributed by atoms with Gasteiger partial charge in [-0.25, -0.2) is 17.6 Å². The Hall–Kier alpha value is -3.27. The fraction of sp³-hybridized carbons (Fsp3) is 0.308. The maximum Gasteiger partial charge on any atom is 0.433 e. The molecule has 0 spiro atoms. The maximum atomic E-state index is 14.7. The highest BCUT2D eigenvalue weighted by molar-refractivity contribution is 5.65. The lowest BCUT2D eigenvalue weighted by molar-refractivity contribution is -0.196. The Kier molecular flexibility index (Phi) is 7.44. The minimum absolute atomic E-state index is 0.0858. The van der Waals surface area contributed by atoms with Crippen LogP contribution in [0.3, 0.4) is 0 Å². The largest absolute Gasteiger partial charge is 0.480 e. The van der Waals surface area contributed by atoms with E-state index < -0.39 is 53.3 Å². The van der Waals surface area contributed by atoms with Crippen molar-refractivity contribution in [3.05, 3.63) is 83.2 Å². The molecular formula is C26H22F7NO2. The van der Waals surface area contributed by atoms with Crippen LogP contribution in [0.5, 0.6) is 11.5 Å². The van der Waals surface area contributed by atoms with Gasteiger partial charge >= 0.3 is 6.11 Å². The third-order valence-corrected chi connectivity index (χ3v) is 6.13. The van der Waals surface area contributed by atoms with Crippen LogP contribution in [0, 0.1) is 29.1 Å². The van der Waals surface area contributed by atoms with Crippen molar-refractivity contribution in [2.75, 3.05) is 6.61 Å². The van der Waals surface area contributed by atoms with Crippen LogP contribution < -0.4 is 15.2 Å². The summed E-state index contributed by atoms with van der Waals surface area (Å²) in [6.07, 6.45) is -0.439. The van der Waals surface area contributed by atoms with Crippen LogP contribution >= 0.6 is 0 Å². The van der Waals surface area contributed by atoms with E-state index in [1.165, 1.54) is 6.07 Å². The minimum Gasteiger partial charge on any atom is -0.480 e. The summed E-state index contributed by atoms with van der Waals surface area (Å²) in [6.45, 7) is -1.61. The predicted molar refractivity (Wildman–Crippen MR) is 118 cm³/mol. The first-order valence-electron chi connectivity index (χ1n) is 11.2. The maximum absolute atomic E-state index is 14.7. The molecule has 1 aliphatic carbocycles. The van der Waals surface area contributed by atoms with E-state index in [0.717, 1.165) is 37.3 Å². The Labute approximate surface area is 202 Å². The van der Waals surface area contributed by atoms with Crippen molar-refractivity contribution in [3.8, 4) is 22.6 Å². The van der Waals surface area contributed by atoms with Gasteiger partial charge < -0.3 is 15.2 Å². The number of hydrogen-bond acceptors (Lipinski definition) is 3. The predicted octanol–water partition coefficient (Wildman–Crippen LogP) is 7.08. The van der Waals surface area contributed by atoms with Crippen LogP contribution in [-0.4, -0.2) is 18.8 Å². The van der Waals surface area contributed by atoms with Gasteiger partial charge in [0.15, 0.2) is 35.6 Å². The number of hydrogen-bond donors (Lipinski definition) is 1. The lowest BCUT2D eigenvalue weighted by Crippen LogP contribution is -2.32.